The lowest BCUT2D eigenvalue weighted by atomic mass is 9.72. The number of aromatic nitrogens is 1. The molecule has 2 saturated heterocycles. The zero-order valence-corrected chi connectivity index (χ0v) is 22.2. The highest BCUT2D eigenvalue weighted by Gasteiger charge is 2.53. The number of likely N-dealkylation sites (tertiary alicyclic amines) is 1. The molecule has 9 nitrogen and oxygen atoms in total. The van der Waals surface area contributed by atoms with Crippen LogP contribution in [0.2, 0.25) is 0 Å². The van der Waals surface area contributed by atoms with Crippen molar-refractivity contribution in [3.05, 3.63) is 59.9 Å². The predicted octanol–water partition coefficient (Wildman–Crippen LogP) is 3.93. The van der Waals surface area contributed by atoms with E-state index in [1.165, 1.54) is 11.1 Å². The number of aliphatic hydroxyl groups excluding tert-OH is 1. The number of nitrogens with one attached hydrogen (secondary N) is 1. The highest BCUT2D eigenvalue weighted by molar-refractivity contribution is 5.73. The van der Waals surface area contributed by atoms with Crippen LogP contribution in [0, 0.1) is 0 Å². The number of alkyl halides is 6. The third kappa shape index (κ3) is 8.10. The van der Waals surface area contributed by atoms with E-state index in [1.807, 2.05) is 12.1 Å². The summed E-state index contributed by atoms with van der Waals surface area (Å²) in [5.41, 5.74) is 2.63. The van der Waals surface area contributed by atoms with E-state index in [1.54, 1.807) is 12.4 Å². The first kappa shape index (κ1) is 33.1. The molecule has 3 aliphatic rings. The Balaban J connectivity index is 0.000000289. The third-order valence-corrected chi connectivity index (χ3v) is 7.47. The van der Waals surface area contributed by atoms with Crippen molar-refractivity contribution >= 4 is 11.9 Å². The lowest BCUT2D eigenvalue weighted by Crippen LogP contribution is -2.50. The number of pyridine rings is 1. The molecule has 0 unspecified atom stereocenters. The number of carboxylic acid groups (broad SMARTS) is 2. The average Bonchev–Trinajstić information content (AvgIpc) is 3.17. The first-order chi connectivity index (χ1) is 19.7. The molecular formula is C27H31F6N3O6. The number of aliphatic carboxylic acids is 2. The van der Waals surface area contributed by atoms with Gasteiger partial charge in [0.25, 0.3) is 0 Å². The quantitative estimate of drug-likeness (QED) is 0.384. The fourth-order valence-corrected chi connectivity index (χ4v) is 5.56. The van der Waals surface area contributed by atoms with Gasteiger partial charge in [-0.15, -0.1) is 0 Å². The van der Waals surface area contributed by atoms with Crippen LogP contribution in [-0.2, 0) is 15.0 Å². The summed E-state index contributed by atoms with van der Waals surface area (Å²) in [6, 6.07) is 12.7. The van der Waals surface area contributed by atoms with Gasteiger partial charge in [0.05, 0.1) is 18.3 Å². The minimum Gasteiger partial charge on any atom is -0.489 e. The third-order valence-electron chi connectivity index (χ3n) is 7.47. The molecule has 2 atom stereocenters. The Labute approximate surface area is 237 Å². The van der Waals surface area contributed by atoms with Gasteiger partial charge in [0.2, 0.25) is 0 Å². The molecule has 0 radical (unpaired) electrons. The van der Waals surface area contributed by atoms with Crippen LogP contribution in [0.1, 0.15) is 42.9 Å². The lowest BCUT2D eigenvalue weighted by Gasteiger charge is -2.42. The Hall–Kier alpha value is -3.43. The summed E-state index contributed by atoms with van der Waals surface area (Å²) in [7, 11) is 0. The van der Waals surface area contributed by atoms with Crippen molar-refractivity contribution in [3.63, 3.8) is 0 Å². The summed E-state index contributed by atoms with van der Waals surface area (Å²) in [6.07, 6.45) is -2.73. The van der Waals surface area contributed by atoms with Crippen LogP contribution < -0.4 is 10.1 Å². The Morgan fingerprint density at radius 1 is 0.929 bits per heavy atom. The molecular weight excluding hydrogens is 576 g/mol. The standard InChI is InChI=1S/C23H29N3O2.2C2HF3O2/c27-22-21(19-5-1-2-6-20(19)23(22)9-12-24-13-10-23)26-14-7-17(8-15-26)28-18-4-3-11-25-16-18;2*3-2(4,5)1(6)7/h1-6,11,16-17,21-22,24,27H,7-10,12-15H2;2*(H,6,7)/t21-,22+;;/m1../s1. The number of aliphatic hydroxyl groups is 1. The Bertz CT molecular complexity index is 1160. The smallest absolute Gasteiger partial charge is 0.489 e. The molecule has 1 aliphatic carbocycles. The van der Waals surface area contributed by atoms with E-state index < -0.39 is 24.3 Å². The van der Waals surface area contributed by atoms with Crippen molar-refractivity contribution in [2.45, 2.75) is 61.7 Å². The largest absolute Gasteiger partial charge is 0.490 e. The molecule has 3 heterocycles. The molecule has 0 saturated carbocycles. The summed E-state index contributed by atoms with van der Waals surface area (Å²) >= 11 is 0. The number of halogens is 6. The fraction of sp³-hybridized carbons (Fsp3) is 0.519. The number of hydrogen-bond acceptors (Lipinski definition) is 7. The van der Waals surface area contributed by atoms with E-state index in [0.717, 1.165) is 57.6 Å². The summed E-state index contributed by atoms with van der Waals surface area (Å²) in [5, 5.41) is 29.2. The topological polar surface area (TPSA) is 132 Å². The minimum absolute atomic E-state index is 0.0877. The summed E-state index contributed by atoms with van der Waals surface area (Å²) in [5.74, 6) is -4.67. The number of carboxylic acids is 2. The second-order valence-electron chi connectivity index (χ2n) is 10.0. The molecule has 2 aromatic rings. The number of hydrogen-bond donors (Lipinski definition) is 4. The number of carbonyl (C=O) groups is 2. The second-order valence-corrected chi connectivity index (χ2v) is 10.0. The highest BCUT2D eigenvalue weighted by Crippen LogP contribution is 2.52. The van der Waals surface area contributed by atoms with Crippen LogP contribution >= 0.6 is 0 Å². The van der Waals surface area contributed by atoms with Crippen LogP contribution in [-0.4, -0.2) is 87.9 Å². The Morgan fingerprint density at radius 2 is 1.48 bits per heavy atom. The number of ether oxygens (including phenoxy) is 1. The van der Waals surface area contributed by atoms with Gasteiger partial charge in [-0.3, -0.25) is 9.88 Å². The van der Waals surface area contributed by atoms with Gasteiger partial charge in [-0.25, -0.2) is 9.59 Å². The van der Waals surface area contributed by atoms with Crippen molar-refractivity contribution in [1.29, 1.82) is 0 Å². The molecule has 4 N–H and O–H groups in total. The maximum atomic E-state index is 11.5. The molecule has 1 spiro atoms. The van der Waals surface area contributed by atoms with Crippen LogP contribution in [0.5, 0.6) is 5.75 Å². The van der Waals surface area contributed by atoms with Gasteiger partial charge in [-0.05, 0) is 62.0 Å². The molecule has 42 heavy (non-hydrogen) atoms. The minimum atomic E-state index is -5.08. The van der Waals surface area contributed by atoms with Gasteiger partial charge in [0, 0.05) is 24.7 Å². The fourth-order valence-electron chi connectivity index (χ4n) is 5.56. The first-order valence-electron chi connectivity index (χ1n) is 13.1. The molecule has 232 valence electrons. The van der Waals surface area contributed by atoms with Crippen molar-refractivity contribution in [3.8, 4) is 5.75 Å². The zero-order valence-electron chi connectivity index (χ0n) is 22.2. The van der Waals surface area contributed by atoms with E-state index in [-0.39, 0.29) is 23.7 Å². The van der Waals surface area contributed by atoms with Crippen molar-refractivity contribution < 1.29 is 56.0 Å². The normalized spacial score (nSPS) is 22.2. The van der Waals surface area contributed by atoms with E-state index in [9.17, 15) is 31.4 Å². The monoisotopic (exact) mass is 607 g/mol. The molecule has 1 aromatic carbocycles. The molecule has 5 rings (SSSR count). The molecule has 15 heteroatoms. The molecule has 2 fully saturated rings. The number of piperidine rings is 2. The summed E-state index contributed by atoms with van der Waals surface area (Å²) in [4.78, 5) is 24.4. The van der Waals surface area contributed by atoms with Gasteiger partial charge in [0.15, 0.2) is 0 Å². The molecule has 0 bridgehead atoms. The predicted molar refractivity (Wildman–Crippen MR) is 136 cm³/mol. The summed E-state index contributed by atoms with van der Waals surface area (Å²) < 4.78 is 69.6. The Kier molecular flexibility index (Phi) is 10.8. The number of fused-ring (bicyclic) bond motifs is 2. The molecule has 1 aromatic heterocycles. The summed E-state index contributed by atoms with van der Waals surface area (Å²) in [6.45, 7) is 3.88. The Morgan fingerprint density at radius 3 is 1.98 bits per heavy atom. The van der Waals surface area contributed by atoms with Crippen LogP contribution in [0.25, 0.3) is 0 Å². The van der Waals surface area contributed by atoms with E-state index in [0.29, 0.717) is 0 Å². The van der Waals surface area contributed by atoms with Gasteiger partial charge in [0.1, 0.15) is 11.9 Å². The number of nitrogens with zero attached hydrogens (tertiary/aromatic N) is 2. The van der Waals surface area contributed by atoms with E-state index in [2.05, 4.69) is 39.5 Å². The van der Waals surface area contributed by atoms with Gasteiger partial charge in [-0.1, -0.05) is 24.3 Å². The molecule has 2 aliphatic heterocycles. The zero-order chi connectivity index (χ0) is 31.1. The van der Waals surface area contributed by atoms with Crippen LogP contribution in [0.15, 0.2) is 48.8 Å². The first-order valence-corrected chi connectivity index (χ1v) is 13.1. The van der Waals surface area contributed by atoms with Gasteiger partial charge >= 0.3 is 24.3 Å². The molecule has 0 amide bonds. The lowest BCUT2D eigenvalue weighted by molar-refractivity contribution is -0.193. The van der Waals surface area contributed by atoms with E-state index >= 15 is 0 Å². The van der Waals surface area contributed by atoms with Crippen LogP contribution in [0.4, 0.5) is 26.3 Å². The van der Waals surface area contributed by atoms with Gasteiger partial charge in [-0.2, -0.15) is 26.3 Å². The number of rotatable bonds is 3. The van der Waals surface area contributed by atoms with Crippen molar-refractivity contribution in [2.75, 3.05) is 26.2 Å². The highest BCUT2D eigenvalue weighted by atomic mass is 19.4. The van der Waals surface area contributed by atoms with Gasteiger partial charge < -0.3 is 25.4 Å². The SMILES string of the molecule is O=C(O)C(F)(F)F.O=C(O)C(F)(F)F.O[C@H]1[C@H](N2CCC(Oc3cccnc3)CC2)c2ccccc2C12CCNCC2. The number of benzene rings is 1. The van der Waals surface area contributed by atoms with E-state index in [4.69, 9.17) is 24.5 Å². The maximum absolute atomic E-state index is 11.5. The van der Waals surface area contributed by atoms with Crippen molar-refractivity contribution in [2.24, 2.45) is 0 Å². The average molecular weight is 608 g/mol. The van der Waals surface area contributed by atoms with Crippen molar-refractivity contribution in [1.82, 2.24) is 15.2 Å². The maximum Gasteiger partial charge on any atom is 0.490 e. The van der Waals surface area contributed by atoms with Crippen LogP contribution in [0.3, 0.4) is 0 Å². The second kappa shape index (κ2) is 13.7.